The summed E-state index contributed by atoms with van der Waals surface area (Å²) >= 11 is 0. The summed E-state index contributed by atoms with van der Waals surface area (Å²) in [7, 11) is 1.84. The van der Waals surface area contributed by atoms with Gasteiger partial charge < -0.3 is 0 Å². The Bertz CT molecular complexity index is 348. The van der Waals surface area contributed by atoms with Crippen molar-refractivity contribution in [2.24, 2.45) is 4.99 Å². The van der Waals surface area contributed by atoms with Gasteiger partial charge >= 0.3 is 0 Å². The molecule has 1 aromatic carbocycles. The van der Waals surface area contributed by atoms with E-state index in [0.29, 0.717) is 0 Å². The molecule has 13 heavy (non-hydrogen) atoms. The Kier molecular flexibility index (Phi) is 2.86. The Hall–Kier alpha value is -1.11. The van der Waals surface area contributed by atoms with E-state index in [4.69, 9.17) is 0 Å². The van der Waals surface area contributed by atoms with Crippen molar-refractivity contribution in [1.29, 1.82) is 0 Å². The molecule has 0 atom stereocenters. The first-order valence-electron chi connectivity index (χ1n) is 4.58. The van der Waals surface area contributed by atoms with Crippen molar-refractivity contribution in [2.75, 3.05) is 7.05 Å². The molecule has 0 aliphatic carbocycles. The highest BCUT2D eigenvalue weighted by Crippen LogP contribution is 2.15. The van der Waals surface area contributed by atoms with Crippen LogP contribution in [0.5, 0.6) is 0 Å². The maximum absolute atomic E-state index is 4.21. The zero-order valence-corrected chi connectivity index (χ0v) is 9.10. The Morgan fingerprint density at radius 2 is 1.54 bits per heavy atom. The van der Waals surface area contributed by atoms with Crippen molar-refractivity contribution in [3.8, 4) is 0 Å². The summed E-state index contributed by atoms with van der Waals surface area (Å²) in [4.78, 5) is 4.21. The molecule has 70 valence electrons. The summed E-state index contributed by atoms with van der Waals surface area (Å²) in [5.41, 5.74) is 6.38. The Morgan fingerprint density at radius 3 is 2.08 bits per heavy atom. The van der Waals surface area contributed by atoms with E-state index in [-0.39, 0.29) is 0 Å². The van der Waals surface area contributed by atoms with Crippen LogP contribution in [-0.2, 0) is 0 Å². The molecule has 0 fully saturated rings. The van der Waals surface area contributed by atoms with Gasteiger partial charge in [0, 0.05) is 12.8 Å². The van der Waals surface area contributed by atoms with Crippen molar-refractivity contribution in [2.45, 2.75) is 27.7 Å². The summed E-state index contributed by atoms with van der Waals surface area (Å²) in [6.45, 7) is 8.47. The predicted molar refractivity (Wildman–Crippen MR) is 58.8 cm³/mol. The fourth-order valence-corrected chi connectivity index (χ4v) is 1.47. The Balaban J connectivity index is 3.32. The van der Waals surface area contributed by atoms with Gasteiger partial charge in [0.15, 0.2) is 0 Å². The van der Waals surface area contributed by atoms with Crippen LogP contribution in [0.3, 0.4) is 0 Å². The number of rotatable bonds is 1. The zero-order valence-electron chi connectivity index (χ0n) is 9.10. The summed E-state index contributed by atoms with van der Waals surface area (Å²) in [5, 5.41) is 0. The molecule has 0 radical (unpaired) electrons. The van der Waals surface area contributed by atoms with Gasteiger partial charge in [-0.2, -0.15) is 0 Å². The van der Waals surface area contributed by atoms with E-state index < -0.39 is 0 Å². The molecule has 0 aliphatic heterocycles. The van der Waals surface area contributed by atoms with Gasteiger partial charge in [-0.05, 0) is 56.0 Å². The van der Waals surface area contributed by atoms with E-state index in [1.165, 1.54) is 22.3 Å². The number of aryl methyl sites for hydroxylation is 3. The maximum Gasteiger partial charge on any atom is 0.0388 e. The molecule has 0 spiro atoms. The first kappa shape index (κ1) is 9.97. The molecule has 0 unspecified atom stereocenters. The molecule has 1 aromatic rings. The van der Waals surface area contributed by atoms with Crippen molar-refractivity contribution >= 4 is 5.71 Å². The lowest BCUT2D eigenvalue weighted by molar-refractivity contribution is 1.27. The lowest BCUT2D eigenvalue weighted by Gasteiger charge is -2.08. The second-order valence-corrected chi connectivity index (χ2v) is 3.56. The molecule has 0 bridgehead atoms. The molecule has 1 nitrogen and oxygen atoms in total. The number of nitrogens with zero attached hydrogens (tertiary/aromatic N) is 1. The molecule has 0 heterocycles. The van der Waals surface area contributed by atoms with Gasteiger partial charge in [0.05, 0.1) is 0 Å². The number of benzene rings is 1. The van der Waals surface area contributed by atoms with Crippen molar-refractivity contribution in [3.63, 3.8) is 0 Å². The van der Waals surface area contributed by atoms with Crippen LogP contribution >= 0.6 is 0 Å². The summed E-state index contributed by atoms with van der Waals surface area (Å²) in [5.74, 6) is 0. The summed E-state index contributed by atoms with van der Waals surface area (Å²) in [6.07, 6.45) is 0. The molecule has 0 saturated carbocycles. The van der Waals surface area contributed by atoms with Gasteiger partial charge in [-0.15, -0.1) is 0 Å². The minimum absolute atomic E-state index is 1.11. The average Bonchev–Trinajstić information content (AvgIpc) is 2.10. The highest BCUT2D eigenvalue weighted by Gasteiger charge is 2.03. The van der Waals surface area contributed by atoms with Crippen molar-refractivity contribution in [1.82, 2.24) is 0 Å². The topological polar surface area (TPSA) is 12.4 Å². The van der Waals surface area contributed by atoms with E-state index in [1.807, 2.05) is 7.05 Å². The van der Waals surface area contributed by atoms with Crippen LogP contribution < -0.4 is 0 Å². The fourth-order valence-electron chi connectivity index (χ4n) is 1.47. The molecule has 0 aromatic heterocycles. The van der Waals surface area contributed by atoms with Gasteiger partial charge in [0.2, 0.25) is 0 Å². The first-order chi connectivity index (χ1) is 6.06. The molecule has 0 saturated heterocycles. The van der Waals surface area contributed by atoms with Gasteiger partial charge in [0.1, 0.15) is 0 Å². The van der Waals surface area contributed by atoms with Gasteiger partial charge in [-0.3, -0.25) is 4.99 Å². The highest BCUT2D eigenvalue weighted by atomic mass is 14.7. The molecular weight excluding hydrogens is 158 g/mol. The van der Waals surface area contributed by atoms with Crippen molar-refractivity contribution in [3.05, 3.63) is 34.4 Å². The van der Waals surface area contributed by atoms with Gasteiger partial charge in [-0.25, -0.2) is 0 Å². The second kappa shape index (κ2) is 3.73. The van der Waals surface area contributed by atoms with Crippen LogP contribution in [0.15, 0.2) is 17.1 Å². The third-order valence-electron chi connectivity index (χ3n) is 2.57. The van der Waals surface area contributed by atoms with E-state index in [0.717, 1.165) is 5.71 Å². The largest absolute Gasteiger partial charge is 0.293 e. The standard InChI is InChI=1S/C12H17N/c1-8-6-10(3)12(7-9(8)2)11(4)13-5/h6-7H,1-5H3. The molecule has 1 heteroatoms. The third-order valence-corrected chi connectivity index (χ3v) is 2.57. The van der Waals surface area contributed by atoms with Crippen molar-refractivity contribution < 1.29 is 0 Å². The number of aliphatic imine (C=N–C) groups is 1. The summed E-state index contributed by atoms with van der Waals surface area (Å²) in [6, 6.07) is 4.44. The van der Waals surface area contributed by atoms with Crippen LogP contribution in [0.1, 0.15) is 29.2 Å². The monoisotopic (exact) mass is 175 g/mol. The third kappa shape index (κ3) is 1.97. The van der Waals surface area contributed by atoms with Crippen LogP contribution in [0.4, 0.5) is 0 Å². The molecule has 1 rings (SSSR count). The zero-order chi connectivity index (χ0) is 10.0. The Labute approximate surface area is 80.5 Å². The lowest BCUT2D eigenvalue weighted by Crippen LogP contribution is -1.99. The molecule has 0 N–H and O–H groups in total. The van der Waals surface area contributed by atoms with E-state index in [2.05, 4.69) is 44.8 Å². The van der Waals surface area contributed by atoms with E-state index in [9.17, 15) is 0 Å². The minimum Gasteiger partial charge on any atom is -0.293 e. The number of hydrogen-bond donors (Lipinski definition) is 0. The van der Waals surface area contributed by atoms with E-state index >= 15 is 0 Å². The van der Waals surface area contributed by atoms with Gasteiger partial charge in [0.25, 0.3) is 0 Å². The predicted octanol–water partition coefficient (Wildman–Crippen LogP) is 3.05. The Morgan fingerprint density at radius 1 is 1.00 bits per heavy atom. The first-order valence-corrected chi connectivity index (χ1v) is 4.58. The summed E-state index contributed by atoms with van der Waals surface area (Å²) < 4.78 is 0. The van der Waals surface area contributed by atoms with E-state index in [1.54, 1.807) is 0 Å². The smallest absolute Gasteiger partial charge is 0.0388 e. The van der Waals surface area contributed by atoms with Crippen LogP contribution in [0.25, 0.3) is 0 Å². The SMILES string of the molecule is CN=C(C)c1cc(C)c(C)cc1C. The highest BCUT2D eigenvalue weighted by molar-refractivity contribution is 6.00. The van der Waals surface area contributed by atoms with Crippen LogP contribution in [0, 0.1) is 20.8 Å². The quantitative estimate of drug-likeness (QED) is 0.582. The van der Waals surface area contributed by atoms with Crippen LogP contribution in [0.2, 0.25) is 0 Å². The fraction of sp³-hybridized carbons (Fsp3) is 0.417. The van der Waals surface area contributed by atoms with Crippen LogP contribution in [-0.4, -0.2) is 12.8 Å². The minimum atomic E-state index is 1.11. The normalized spacial score (nSPS) is 11.9. The molecule has 0 amide bonds. The van der Waals surface area contributed by atoms with Gasteiger partial charge in [-0.1, -0.05) is 6.07 Å². The lowest BCUT2D eigenvalue weighted by atomic mass is 9.98. The molecule has 0 aliphatic rings. The maximum atomic E-state index is 4.21. The second-order valence-electron chi connectivity index (χ2n) is 3.56. The molecular formula is C12H17N. The number of hydrogen-bond acceptors (Lipinski definition) is 1. The average molecular weight is 175 g/mol.